The molecular formula is C21H26N4OS. The lowest BCUT2D eigenvalue weighted by molar-refractivity contribution is -0.136. The van der Waals surface area contributed by atoms with Crippen molar-refractivity contribution in [3.8, 4) is 0 Å². The molecule has 1 aliphatic heterocycles. The summed E-state index contributed by atoms with van der Waals surface area (Å²) in [5.41, 5.74) is 2.13. The van der Waals surface area contributed by atoms with Crippen molar-refractivity contribution in [3.63, 3.8) is 0 Å². The number of likely N-dealkylation sites (tertiary alicyclic amines) is 1. The van der Waals surface area contributed by atoms with E-state index >= 15 is 0 Å². The molecule has 2 aliphatic rings. The summed E-state index contributed by atoms with van der Waals surface area (Å²) in [5, 5.41) is 6.20. The van der Waals surface area contributed by atoms with E-state index in [1.807, 2.05) is 18.4 Å². The highest BCUT2D eigenvalue weighted by Gasteiger charge is 2.29. The first-order valence-corrected chi connectivity index (χ1v) is 10.7. The predicted octanol–water partition coefficient (Wildman–Crippen LogP) is 4.65. The number of anilines is 2. The Balaban J connectivity index is 1.36. The van der Waals surface area contributed by atoms with Gasteiger partial charge < -0.3 is 10.2 Å². The van der Waals surface area contributed by atoms with Gasteiger partial charge in [0.1, 0.15) is 5.82 Å². The number of thiazole rings is 1. The number of piperidine rings is 1. The van der Waals surface area contributed by atoms with E-state index in [9.17, 15) is 4.79 Å². The van der Waals surface area contributed by atoms with Gasteiger partial charge in [0.2, 0.25) is 5.91 Å². The van der Waals surface area contributed by atoms with Crippen LogP contribution >= 0.6 is 11.3 Å². The summed E-state index contributed by atoms with van der Waals surface area (Å²) in [6.45, 7) is 3.67. The second kappa shape index (κ2) is 8.21. The van der Waals surface area contributed by atoms with Crippen LogP contribution in [0.2, 0.25) is 0 Å². The van der Waals surface area contributed by atoms with Gasteiger partial charge in [-0.25, -0.2) is 9.97 Å². The first kappa shape index (κ1) is 18.2. The van der Waals surface area contributed by atoms with E-state index in [1.54, 1.807) is 11.3 Å². The van der Waals surface area contributed by atoms with Gasteiger partial charge in [-0.2, -0.15) is 0 Å². The number of carbonyl (C=O) groups is 1. The summed E-state index contributed by atoms with van der Waals surface area (Å²) in [7, 11) is 0. The number of aryl methyl sites for hydroxylation is 1. The molecule has 2 aromatic rings. The van der Waals surface area contributed by atoms with E-state index in [-0.39, 0.29) is 5.92 Å². The molecule has 3 heterocycles. The number of hydrogen-bond donors (Lipinski definition) is 1. The van der Waals surface area contributed by atoms with Gasteiger partial charge in [0, 0.05) is 36.0 Å². The molecule has 0 saturated carbocycles. The normalized spacial score (nSPS) is 20.6. The highest BCUT2D eigenvalue weighted by Crippen LogP contribution is 2.30. The minimum Gasteiger partial charge on any atom is -0.342 e. The number of nitrogens with one attached hydrogen (secondary N) is 1. The summed E-state index contributed by atoms with van der Waals surface area (Å²) >= 11 is 1.59. The fourth-order valence-electron chi connectivity index (χ4n) is 3.94. The number of aromatic nitrogens is 2. The van der Waals surface area contributed by atoms with Crippen LogP contribution in [0.1, 0.15) is 49.4 Å². The lowest BCUT2D eigenvalue weighted by Gasteiger charge is -2.34. The van der Waals surface area contributed by atoms with Crippen LogP contribution in [0.3, 0.4) is 0 Å². The molecular weight excluding hydrogens is 356 g/mol. The number of allylic oxidation sites excluding steroid dienone is 2. The summed E-state index contributed by atoms with van der Waals surface area (Å²) in [5.74, 6) is 1.80. The van der Waals surface area contributed by atoms with Crippen molar-refractivity contribution in [1.29, 1.82) is 0 Å². The summed E-state index contributed by atoms with van der Waals surface area (Å²) in [4.78, 5) is 24.0. The second-order valence-corrected chi connectivity index (χ2v) is 8.31. The third-order valence-electron chi connectivity index (χ3n) is 5.47. The molecule has 0 spiro atoms. The maximum absolute atomic E-state index is 12.7. The van der Waals surface area contributed by atoms with E-state index < -0.39 is 0 Å². The van der Waals surface area contributed by atoms with Crippen LogP contribution in [0.4, 0.5) is 10.9 Å². The molecule has 1 fully saturated rings. The fraction of sp³-hybridized carbons (Fsp3) is 0.476. The van der Waals surface area contributed by atoms with E-state index in [0.717, 1.165) is 67.5 Å². The molecule has 1 N–H and O–H groups in total. The Labute approximate surface area is 164 Å². The van der Waals surface area contributed by atoms with Crippen molar-refractivity contribution in [2.24, 2.45) is 5.92 Å². The quantitative estimate of drug-likeness (QED) is 0.782. The Hall–Kier alpha value is -2.21. The van der Waals surface area contributed by atoms with Gasteiger partial charge >= 0.3 is 0 Å². The Morgan fingerprint density at radius 2 is 2.04 bits per heavy atom. The number of amides is 1. The van der Waals surface area contributed by atoms with Crippen LogP contribution in [0.25, 0.3) is 0 Å². The lowest BCUT2D eigenvalue weighted by Crippen LogP contribution is -2.41. The van der Waals surface area contributed by atoms with E-state index in [4.69, 9.17) is 4.98 Å². The lowest BCUT2D eigenvalue weighted by atomic mass is 9.89. The average molecular weight is 383 g/mol. The van der Waals surface area contributed by atoms with Gasteiger partial charge in [-0.05, 0) is 51.2 Å². The highest BCUT2D eigenvalue weighted by atomic mass is 32.1. The molecule has 0 radical (unpaired) electrons. The molecule has 1 atom stereocenters. The van der Waals surface area contributed by atoms with Crippen LogP contribution in [-0.4, -0.2) is 33.9 Å². The fourth-order valence-corrected chi connectivity index (χ4v) is 4.64. The third kappa shape index (κ3) is 4.38. The number of carbonyl (C=O) groups excluding carboxylic acids is 1. The number of pyridine rings is 1. The SMILES string of the molecule is Cc1csc(Nc2cccc(C3CCN(C(=O)[C@H]4CC=CCC4)CC3)n2)n1. The van der Waals surface area contributed by atoms with Crippen molar-refractivity contribution in [2.75, 3.05) is 18.4 Å². The molecule has 27 heavy (non-hydrogen) atoms. The van der Waals surface area contributed by atoms with Crippen molar-refractivity contribution >= 4 is 28.2 Å². The molecule has 2 aromatic heterocycles. The van der Waals surface area contributed by atoms with Crippen LogP contribution < -0.4 is 5.32 Å². The maximum Gasteiger partial charge on any atom is 0.226 e. The largest absolute Gasteiger partial charge is 0.342 e. The van der Waals surface area contributed by atoms with Gasteiger partial charge in [0.25, 0.3) is 0 Å². The average Bonchev–Trinajstić information content (AvgIpc) is 3.13. The third-order valence-corrected chi connectivity index (χ3v) is 6.34. The zero-order chi connectivity index (χ0) is 18.6. The van der Waals surface area contributed by atoms with E-state index in [2.05, 4.69) is 39.5 Å². The summed E-state index contributed by atoms with van der Waals surface area (Å²) < 4.78 is 0. The minimum atomic E-state index is 0.193. The van der Waals surface area contributed by atoms with Gasteiger partial charge in [-0.3, -0.25) is 4.79 Å². The first-order chi connectivity index (χ1) is 13.2. The topological polar surface area (TPSA) is 58.1 Å². The predicted molar refractivity (Wildman–Crippen MR) is 109 cm³/mol. The number of rotatable bonds is 4. The Bertz CT molecular complexity index is 823. The smallest absolute Gasteiger partial charge is 0.226 e. The van der Waals surface area contributed by atoms with Crippen molar-refractivity contribution in [3.05, 3.63) is 47.1 Å². The number of nitrogens with zero attached hydrogens (tertiary/aromatic N) is 3. The van der Waals surface area contributed by atoms with E-state index in [1.165, 1.54) is 0 Å². The number of hydrogen-bond acceptors (Lipinski definition) is 5. The molecule has 1 saturated heterocycles. The molecule has 0 aromatic carbocycles. The van der Waals surface area contributed by atoms with Gasteiger partial charge in [0.15, 0.2) is 5.13 Å². The molecule has 4 rings (SSSR count). The van der Waals surface area contributed by atoms with Gasteiger partial charge in [0.05, 0.1) is 5.69 Å². The van der Waals surface area contributed by atoms with Gasteiger partial charge in [-0.1, -0.05) is 18.2 Å². The van der Waals surface area contributed by atoms with E-state index in [0.29, 0.717) is 11.8 Å². The maximum atomic E-state index is 12.7. The Kier molecular flexibility index (Phi) is 5.53. The molecule has 142 valence electrons. The molecule has 1 aliphatic carbocycles. The summed E-state index contributed by atoms with van der Waals surface area (Å²) in [6, 6.07) is 6.14. The van der Waals surface area contributed by atoms with Crippen LogP contribution in [-0.2, 0) is 4.79 Å². The molecule has 0 unspecified atom stereocenters. The van der Waals surface area contributed by atoms with Crippen molar-refractivity contribution in [2.45, 2.75) is 44.9 Å². The standard InChI is InChI=1S/C21H26N4OS/c1-15-14-27-21(22-15)24-19-9-5-8-18(23-19)16-10-12-25(13-11-16)20(26)17-6-3-2-4-7-17/h2-3,5,8-9,14,16-17H,4,6-7,10-13H2,1H3,(H,22,23,24)/t17-/m0/s1. The molecule has 1 amide bonds. The van der Waals surface area contributed by atoms with Crippen LogP contribution in [0.5, 0.6) is 0 Å². The molecule has 6 heteroatoms. The minimum absolute atomic E-state index is 0.193. The Morgan fingerprint density at radius 3 is 2.74 bits per heavy atom. The summed E-state index contributed by atoms with van der Waals surface area (Å²) in [6.07, 6.45) is 9.27. The molecule has 0 bridgehead atoms. The van der Waals surface area contributed by atoms with Crippen LogP contribution in [0, 0.1) is 12.8 Å². The van der Waals surface area contributed by atoms with Gasteiger partial charge in [-0.15, -0.1) is 11.3 Å². The highest BCUT2D eigenvalue weighted by molar-refractivity contribution is 7.13. The monoisotopic (exact) mass is 382 g/mol. The van der Waals surface area contributed by atoms with Crippen molar-refractivity contribution < 1.29 is 4.79 Å². The van der Waals surface area contributed by atoms with Crippen molar-refractivity contribution in [1.82, 2.24) is 14.9 Å². The molecule has 5 nitrogen and oxygen atoms in total. The first-order valence-electron chi connectivity index (χ1n) is 9.79. The second-order valence-electron chi connectivity index (χ2n) is 7.45. The zero-order valence-electron chi connectivity index (χ0n) is 15.7. The zero-order valence-corrected chi connectivity index (χ0v) is 16.5. The van der Waals surface area contributed by atoms with Crippen LogP contribution in [0.15, 0.2) is 35.7 Å². The Morgan fingerprint density at radius 1 is 1.19 bits per heavy atom.